The molecule has 0 aliphatic carbocycles. The molecule has 0 heterocycles. The summed E-state index contributed by atoms with van der Waals surface area (Å²) in [6, 6.07) is 5.93. The summed E-state index contributed by atoms with van der Waals surface area (Å²) in [4.78, 5) is 0. The zero-order chi connectivity index (χ0) is 14.5. The molecule has 1 N–H and O–H groups in total. The van der Waals surface area contributed by atoms with Gasteiger partial charge < -0.3 is 5.32 Å². The third kappa shape index (κ3) is 5.64. The predicted molar refractivity (Wildman–Crippen MR) is 72.1 cm³/mol. The molecule has 0 bridgehead atoms. The Labute approximate surface area is 113 Å². The fraction of sp³-hybridized carbons (Fsp3) is 0.600. The Balaban J connectivity index is 2.53. The van der Waals surface area contributed by atoms with E-state index in [9.17, 15) is 13.2 Å². The van der Waals surface area contributed by atoms with Crippen molar-refractivity contribution >= 4 is 0 Å². The van der Waals surface area contributed by atoms with Gasteiger partial charge in [-0.15, -0.1) is 0 Å². The fourth-order valence-corrected chi connectivity index (χ4v) is 2.35. The van der Waals surface area contributed by atoms with Gasteiger partial charge in [0, 0.05) is 6.04 Å². The van der Waals surface area contributed by atoms with E-state index in [4.69, 9.17) is 0 Å². The van der Waals surface area contributed by atoms with Crippen molar-refractivity contribution in [1.29, 1.82) is 0 Å². The number of alkyl halides is 3. The Bertz CT molecular complexity index is 370. The second kappa shape index (κ2) is 6.94. The molecule has 0 radical (unpaired) electrons. The van der Waals surface area contributed by atoms with E-state index < -0.39 is 11.7 Å². The van der Waals surface area contributed by atoms with Gasteiger partial charge in [0.25, 0.3) is 0 Å². The topological polar surface area (TPSA) is 12.0 Å². The molecule has 1 rings (SSSR count). The van der Waals surface area contributed by atoms with Crippen LogP contribution in [0.3, 0.4) is 0 Å². The minimum Gasteiger partial charge on any atom is -0.315 e. The lowest BCUT2D eigenvalue weighted by atomic mass is 9.94. The summed E-state index contributed by atoms with van der Waals surface area (Å²) < 4.78 is 37.3. The lowest BCUT2D eigenvalue weighted by molar-refractivity contribution is -0.137. The van der Waals surface area contributed by atoms with Gasteiger partial charge in [-0.05, 0) is 49.9 Å². The molecular weight excluding hydrogens is 251 g/mol. The normalized spacial score (nSPS) is 15.3. The van der Waals surface area contributed by atoms with E-state index in [1.54, 1.807) is 12.1 Å². The van der Waals surface area contributed by atoms with E-state index in [2.05, 4.69) is 26.1 Å². The molecule has 0 aromatic heterocycles. The van der Waals surface area contributed by atoms with Crippen LogP contribution in [0.15, 0.2) is 24.3 Å². The Kier molecular flexibility index (Phi) is 5.85. The molecule has 1 aromatic carbocycles. The van der Waals surface area contributed by atoms with Crippen molar-refractivity contribution in [3.05, 3.63) is 35.4 Å². The molecule has 4 heteroatoms. The van der Waals surface area contributed by atoms with E-state index in [-0.39, 0.29) is 0 Å². The molecule has 0 amide bonds. The Hall–Kier alpha value is -1.03. The first-order valence-corrected chi connectivity index (χ1v) is 6.72. The van der Waals surface area contributed by atoms with Gasteiger partial charge >= 0.3 is 6.18 Å². The molecule has 0 saturated carbocycles. The van der Waals surface area contributed by atoms with Gasteiger partial charge in [-0.3, -0.25) is 0 Å². The number of nitrogens with one attached hydrogen (secondary N) is 1. The van der Waals surface area contributed by atoms with Crippen LogP contribution in [0.4, 0.5) is 13.2 Å². The molecule has 0 fully saturated rings. The number of halogens is 3. The highest BCUT2D eigenvalue weighted by molar-refractivity contribution is 5.24. The fourth-order valence-electron chi connectivity index (χ4n) is 2.35. The number of hydrogen-bond donors (Lipinski definition) is 1. The average molecular weight is 273 g/mol. The second-order valence-electron chi connectivity index (χ2n) is 5.20. The summed E-state index contributed by atoms with van der Waals surface area (Å²) in [5.41, 5.74) is 0.383. The highest BCUT2D eigenvalue weighted by Crippen LogP contribution is 2.29. The Morgan fingerprint density at radius 2 is 1.68 bits per heavy atom. The number of rotatable bonds is 6. The molecule has 1 aromatic rings. The summed E-state index contributed by atoms with van der Waals surface area (Å²) in [7, 11) is 0. The standard InChI is InChI=1S/C15H22F3N/c1-4-19-12(3)9-11(2)10-13-5-7-14(8-6-13)15(16,17)18/h5-8,11-12,19H,4,9-10H2,1-3H3. The smallest absolute Gasteiger partial charge is 0.315 e. The van der Waals surface area contributed by atoms with Crippen molar-refractivity contribution in [2.75, 3.05) is 6.54 Å². The van der Waals surface area contributed by atoms with Gasteiger partial charge in [0.15, 0.2) is 0 Å². The van der Waals surface area contributed by atoms with Crippen molar-refractivity contribution in [1.82, 2.24) is 5.32 Å². The minimum atomic E-state index is -4.25. The van der Waals surface area contributed by atoms with Gasteiger partial charge in [0.2, 0.25) is 0 Å². The molecule has 1 nitrogen and oxygen atoms in total. The lowest BCUT2D eigenvalue weighted by Gasteiger charge is -2.18. The Morgan fingerprint density at radius 3 is 2.16 bits per heavy atom. The zero-order valence-electron chi connectivity index (χ0n) is 11.7. The van der Waals surface area contributed by atoms with Crippen LogP contribution < -0.4 is 5.32 Å². The van der Waals surface area contributed by atoms with Crippen LogP contribution in [0.2, 0.25) is 0 Å². The Morgan fingerprint density at radius 1 is 1.11 bits per heavy atom. The molecular formula is C15H22F3N. The third-order valence-electron chi connectivity index (χ3n) is 3.17. The zero-order valence-corrected chi connectivity index (χ0v) is 11.7. The molecule has 0 aliphatic rings. The largest absolute Gasteiger partial charge is 0.416 e. The molecule has 108 valence electrons. The van der Waals surface area contributed by atoms with E-state index in [1.165, 1.54) is 0 Å². The molecule has 2 atom stereocenters. The van der Waals surface area contributed by atoms with Crippen LogP contribution in [0.1, 0.15) is 38.3 Å². The highest BCUT2D eigenvalue weighted by Gasteiger charge is 2.29. The first-order chi connectivity index (χ1) is 8.82. The van der Waals surface area contributed by atoms with E-state index in [0.29, 0.717) is 12.0 Å². The minimum absolute atomic E-state index is 0.439. The molecule has 19 heavy (non-hydrogen) atoms. The van der Waals surface area contributed by atoms with Gasteiger partial charge in [0.1, 0.15) is 0 Å². The summed E-state index contributed by atoms with van der Waals surface area (Å²) in [6.45, 7) is 7.27. The maximum atomic E-state index is 12.4. The maximum absolute atomic E-state index is 12.4. The highest BCUT2D eigenvalue weighted by atomic mass is 19.4. The second-order valence-corrected chi connectivity index (χ2v) is 5.20. The maximum Gasteiger partial charge on any atom is 0.416 e. The van der Waals surface area contributed by atoms with E-state index in [0.717, 1.165) is 37.1 Å². The van der Waals surface area contributed by atoms with Gasteiger partial charge in [-0.1, -0.05) is 26.0 Å². The van der Waals surface area contributed by atoms with Crippen molar-refractivity contribution in [3.8, 4) is 0 Å². The van der Waals surface area contributed by atoms with Gasteiger partial charge in [-0.2, -0.15) is 13.2 Å². The van der Waals surface area contributed by atoms with Crippen molar-refractivity contribution in [3.63, 3.8) is 0 Å². The monoisotopic (exact) mass is 273 g/mol. The van der Waals surface area contributed by atoms with Crippen LogP contribution in [-0.2, 0) is 12.6 Å². The summed E-state index contributed by atoms with van der Waals surface area (Å²) in [5, 5.41) is 3.34. The molecule has 0 saturated heterocycles. The van der Waals surface area contributed by atoms with Crippen LogP contribution in [0, 0.1) is 5.92 Å². The summed E-state index contributed by atoms with van der Waals surface area (Å²) in [6.07, 6.45) is -2.41. The summed E-state index contributed by atoms with van der Waals surface area (Å²) >= 11 is 0. The first kappa shape index (κ1) is 16.0. The van der Waals surface area contributed by atoms with Crippen LogP contribution in [-0.4, -0.2) is 12.6 Å². The van der Waals surface area contributed by atoms with Crippen LogP contribution in [0.25, 0.3) is 0 Å². The molecule has 0 spiro atoms. The number of hydrogen-bond acceptors (Lipinski definition) is 1. The molecule has 2 unspecified atom stereocenters. The first-order valence-electron chi connectivity index (χ1n) is 6.72. The van der Waals surface area contributed by atoms with E-state index >= 15 is 0 Å². The van der Waals surface area contributed by atoms with Crippen molar-refractivity contribution in [2.45, 2.75) is 45.8 Å². The number of benzene rings is 1. The van der Waals surface area contributed by atoms with Crippen molar-refractivity contribution in [2.24, 2.45) is 5.92 Å². The quantitative estimate of drug-likeness (QED) is 0.816. The SMILES string of the molecule is CCNC(C)CC(C)Cc1ccc(C(F)(F)F)cc1. The average Bonchev–Trinajstić information content (AvgIpc) is 2.28. The van der Waals surface area contributed by atoms with Crippen molar-refractivity contribution < 1.29 is 13.2 Å². The van der Waals surface area contributed by atoms with Crippen LogP contribution in [0.5, 0.6) is 0 Å². The van der Waals surface area contributed by atoms with Crippen LogP contribution >= 0.6 is 0 Å². The lowest BCUT2D eigenvalue weighted by Crippen LogP contribution is -2.27. The van der Waals surface area contributed by atoms with E-state index in [1.807, 2.05) is 0 Å². The van der Waals surface area contributed by atoms with Gasteiger partial charge in [0.05, 0.1) is 5.56 Å². The predicted octanol–water partition coefficient (Wildman–Crippen LogP) is 4.27. The molecule has 0 aliphatic heterocycles. The van der Waals surface area contributed by atoms with Gasteiger partial charge in [-0.25, -0.2) is 0 Å². The third-order valence-corrected chi connectivity index (χ3v) is 3.17. The summed E-state index contributed by atoms with van der Waals surface area (Å²) in [5.74, 6) is 0.450.